The molecule has 0 aliphatic rings. The van der Waals surface area contributed by atoms with Gasteiger partial charge in [-0.2, -0.15) is 0 Å². The molecular weight excluding hydrogens is 174 g/mol. The van der Waals surface area contributed by atoms with Crippen molar-refractivity contribution in [2.75, 3.05) is 6.54 Å². The number of rotatable bonds is 4. The minimum Gasteiger partial charge on any atom is -0.306 e. The monoisotopic (exact) mass is 186 g/mol. The summed E-state index contributed by atoms with van der Waals surface area (Å²) in [6.07, 6.45) is -0.579. The molecule has 4 heteroatoms. The van der Waals surface area contributed by atoms with E-state index in [1.807, 2.05) is 19.1 Å². The molecule has 0 aliphatic carbocycles. The highest BCUT2D eigenvalue weighted by molar-refractivity contribution is 5.11. The lowest BCUT2D eigenvalue weighted by molar-refractivity contribution is 0.145. The van der Waals surface area contributed by atoms with Crippen LogP contribution in [0.2, 0.25) is 0 Å². The maximum Gasteiger partial charge on any atom is 0.250 e. The van der Waals surface area contributed by atoms with Gasteiger partial charge in [-0.3, -0.25) is 4.98 Å². The third-order valence-electron chi connectivity index (χ3n) is 1.58. The van der Waals surface area contributed by atoms with Crippen molar-refractivity contribution in [2.24, 2.45) is 0 Å². The molecule has 72 valence electrons. The normalized spacial score (nSPS) is 10.8. The molecule has 1 aromatic rings. The quantitative estimate of drug-likeness (QED) is 0.774. The van der Waals surface area contributed by atoms with E-state index < -0.39 is 6.43 Å². The van der Waals surface area contributed by atoms with E-state index in [0.717, 1.165) is 11.3 Å². The van der Waals surface area contributed by atoms with Gasteiger partial charge < -0.3 is 5.32 Å². The molecule has 0 spiro atoms. The van der Waals surface area contributed by atoms with Crippen LogP contribution in [-0.2, 0) is 6.54 Å². The maximum atomic E-state index is 11.7. The first-order chi connectivity index (χ1) is 6.18. The number of nitrogens with zero attached hydrogens (tertiary/aromatic N) is 1. The molecule has 0 aromatic carbocycles. The molecule has 0 bridgehead atoms. The molecule has 0 saturated carbocycles. The minimum absolute atomic E-state index is 0.282. The van der Waals surface area contributed by atoms with E-state index >= 15 is 0 Å². The van der Waals surface area contributed by atoms with Gasteiger partial charge in [0.15, 0.2) is 0 Å². The van der Waals surface area contributed by atoms with Gasteiger partial charge in [0, 0.05) is 12.7 Å². The summed E-state index contributed by atoms with van der Waals surface area (Å²) in [6.45, 7) is 2.05. The lowest BCUT2D eigenvalue weighted by atomic mass is 10.3. The van der Waals surface area contributed by atoms with Crippen LogP contribution in [0.5, 0.6) is 0 Å². The summed E-state index contributed by atoms with van der Waals surface area (Å²) in [4.78, 5) is 4.07. The van der Waals surface area contributed by atoms with Gasteiger partial charge in [0.1, 0.15) is 0 Å². The Bertz CT molecular complexity index is 246. The Hall–Kier alpha value is -1.03. The van der Waals surface area contributed by atoms with E-state index in [2.05, 4.69) is 10.3 Å². The first-order valence-electron chi connectivity index (χ1n) is 4.09. The van der Waals surface area contributed by atoms with Crippen molar-refractivity contribution in [3.63, 3.8) is 0 Å². The lowest BCUT2D eigenvalue weighted by Crippen LogP contribution is -2.21. The molecule has 0 unspecified atom stereocenters. The largest absolute Gasteiger partial charge is 0.306 e. The van der Waals surface area contributed by atoms with Crippen molar-refractivity contribution >= 4 is 0 Å². The van der Waals surface area contributed by atoms with Gasteiger partial charge in [-0.1, -0.05) is 6.07 Å². The van der Waals surface area contributed by atoms with Crippen LogP contribution in [0.15, 0.2) is 18.3 Å². The summed E-state index contributed by atoms with van der Waals surface area (Å²) in [6, 6.07) is 3.74. The number of hydrogen-bond donors (Lipinski definition) is 1. The van der Waals surface area contributed by atoms with Gasteiger partial charge in [0.05, 0.1) is 12.2 Å². The number of aryl methyl sites for hydroxylation is 1. The first kappa shape index (κ1) is 10.1. The molecule has 0 aliphatic heterocycles. The zero-order valence-corrected chi connectivity index (χ0v) is 7.43. The molecule has 0 amide bonds. The van der Waals surface area contributed by atoms with Crippen molar-refractivity contribution in [3.05, 3.63) is 29.6 Å². The van der Waals surface area contributed by atoms with E-state index in [-0.39, 0.29) is 6.54 Å². The molecule has 1 heterocycles. The van der Waals surface area contributed by atoms with Crippen LogP contribution in [0.4, 0.5) is 8.78 Å². The van der Waals surface area contributed by atoms with E-state index in [4.69, 9.17) is 0 Å². The molecule has 1 N–H and O–H groups in total. The third-order valence-corrected chi connectivity index (χ3v) is 1.58. The second-order valence-corrected chi connectivity index (χ2v) is 2.85. The Morgan fingerprint density at radius 2 is 2.23 bits per heavy atom. The van der Waals surface area contributed by atoms with Crippen molar-refractivity contribution in [3.8, 4) is 0 Å². The molecule has 0 saturated heterocycles. The fourth-order valence-electron chi connectivity index (χ4n) is 0.912. The Morgan fingerprint density at radius 3 is 2.77 bits per heavy atom. The first-order valence-corrected chi connectivity index (χ1v) is 4.09. The molecule has 0 radical (unpaired) electrons. The number of alkyl halides is 2. The van der Waals surface area contributed by atoms with E-state index in [1.165, 1.54) is 0 Å². The number of hydrogen-bond acceptors (Lipinski definition) is 2. The predicted molar refractivity (Wildman–Crippen MR) is 46.7 cm³/mol. The second-order valence-electron chi connectivity index (χ2n) is 2.85. The summed E-state index contributed by atoms with van der Waals surface area (Å²) in [5, 5.41) is 2.61. The van der Waals surface area contributed by atoms with Gasteiger partial charge in [-0.25, -0.2) is 8.78 Å². The van der Waals surface area contributed by atoms with Gasteiger partial charge in [-0.05, 0) is 18.6 Å². The fourth-order valence-corrected chi connectivity index (χ4v) is 0.912. The van der Waals surface area contributed by atoms with E-state index in [9.17, 15) is 8.78 Å². The van der Waals surface area contributed by atoms with Crippen LogP contribution in [0.3, 0.4) is 0 Å². The topological polar surface area (TPSA) is 24.9 Å². The minimum atomic E-state index is -2.30. The molecule has 1 aromatic heterocycles. The Kier molecular flexibility index (Phi) is 3.76. The van der Waals surface area contributed by atoms with Gasteiger partial charge in [0.2, 0.25) is 0 Å². The van der Waals surface area contributed by atoms with E-state index in [0.29, 0.717) is 6.54 Å². The van der Waals surface area contributed by atoms with Crippen molar-refractivity contribution in [2.45, 2.75) is 19.9 Å². The Labute approximate surface area is 76.0 Å². The fraction of sp³-hybridized carbons (Fsp3) is 0.444. The lowest BCUT2D eigenvalue weighted by Gasteiger charge is -2.03. The summed E-state index contributed by atoms with van der Waals surface area (Å²) in [5.41, 5.74) is 1.85. The molecule has 0 fully saturated rings. The van der Waals surface area contributed by atoms with Crippen LogP contribution < -0.4 is 5.32 Å². The summed E-state index contributed by atoms with van der Waals surface area (Å²) in [5.74, 6) is 0. The van der Waals surface area contributed by atoms with Crippen LogP contribution in [0.25, 0.3) is 0 Å². The molecule has 1 rings (SSSR count). The molecular formula is C9H12F2N2. The summed E-state index contributed by atoms with van der Waals surface area (Å²) < 4.78 is 23.4. The number of halogens is 2. The van der Waals surface area contributed by atoms with Crippen LogP contribution in [0, 0.1) is 6.92 Å². The standard InChI is InChI=1S/C9H12F2N2/c1-7-2-3-8(13-4-7)5-12-6-9(10)11/h2-4,9,12H,5-6H2,1H3. The zero-order chi connectivity index (χ0) is 9.68. The average molecular weight is 186 g/mol. The van der Waals surface area contributed by atoms with Crippen LogP contribution in [-0.4, -0.2) is 18.0 Å². The zero-order valence-electron chi connectivity index (χ0n) is 7.43. The maximum absolute atomic E-state index is 11.7. The van der Waals surface area contributed by atoms with Crippen molar-refractivity contribution in [1.29, 1.82) is 0 Å². The molecule has 2 nitrogen and oxygen atoms in total. The predicted octanol–water partition coefficient (Wildman–Crippen LogP) is 1.74. The van der Waals surface area contributed by atoms with Crippen molar-refractivity contribution in [1.82, 2.24) is 10.3 Å². The van der Waals surface area contributed by atoms with Gasteiger partial charge >= 0.3 is 0 Å². The number of nitrogens with one attached hydrogen (secondary N) is 1. The Morgan fingerprint density at radius 1 is 1.46 bits per heavy atom. The SMILES string of the molecule is Cc1ccc(CNCC(F)F)nc1. The molecule has 13 heavy (non-hydrogen) atoms. The summed E-state index contributed by atoms with van der Waals surface area (Å²) >= 11 is 0. The highest BCUT2D eigenvalue weighted by Crippen LogP contribution is 1.98. The summed E-state index contributed by atoms with van der Waals surface area (Å²) in [7, 11) is 0. The van der Waals surface area contributed by atoms with Gasteiger partial charge in [-0.15, -0.1) is 0 Å². The van der Waals surface area contributed by atoms with Crippen LogP contribution >= 0.6 is 0 Å². The van der Waals surface area contributed by atoms with Crippen LogP contribution in [0.1, 0.15) is 11.3 Å². The van der Waals surface area contributed by atoms with E-state index in [1.54, 1.807) is 6.20 Å². The molecule has 0 atom stereocenters. The van der Waals surface area contributed by atoms with Crippen molar-refractivity contribution < 1.29 is 8.78 Å². The second kappa shape index (κ2) is 4.87. The average Bonchev–Trinajstić information content (AvgIpc) is 2.08. The Balaban J connectivity index is 2.33. The number of aromatic nitrogens is 1. The third kappa shape index (κ3) is 3.94. The smallest absolute Gasteiger partial charge is 0.250 e. The highest BCUT2D eigenvalue weighted by Gasteiger charge is 2.00. The number of pyridine rings is 1. The van der Waals surface area contributed by atoms with Gasteiger partial charge in [0.25, 0.3) is 6.43 Å². The highest BCUT2D eigenvalue weighted by atomic mass is 19.3.